The Hall–Kier alpha value is -3.00. The van der Waals surface area contributed by atoms with Crippen LogP contribution in [0.1, 0.15) is 29.9 Å². The molecule has 0 spiro atoms. The summed E-state index contributed by atoms with van der Waals surface area (Å²) in [7, 11) is 1.59. The predicted octanol–water partition coefficient (Wildman–Crippen LogP) is 3.56. The molecule has 8 heteroatoms. The normalized spacial score (nSPS) is 17.9. The summed E-state index contributed by atoms with van der Waals surface area (Å²) in [6, 6.07) is 15.4. The minimum atomic E-state index is -0.427. The fourth-order valence-corrected chi connectivity index (χ4v) is 4.40. The molecule has 0 aliphatic carbocycles. The van der Waals surface area contributed by atoms with E-state index in [0.29, 0.717) is 16.6 Å². The standard InChI is InChI=1S/C21H23N5O2S/c1-4-17-23-24-21-26(17)25-18(14-11-9-13(2)10-12-14)19(29-21)20(27)22-15-7-5-6-8-16(15)28-3/h5-12,18-19,25H,4H2,1-3H3,(H,22,27). The first kappa shape index (κ1) is 19.3. The second-order valence-electron chi connectivity index (χ2n) is 6.83. The largest absolute Gasteiger partial charge is 0.495 e. The number of para-hydroxylation sites is 2. The quantitative estimate of drug-likeness (QED) is 0.671. The zero-order valence-corrected chi connectivity index (χ0v) is 17.4. The number of aromatic nitrogens is 3. The van der Waals surface area contributed by atoms with Gasteiger partial charge in [0, 0.05) is 6.42 Å². The van der Waals surface area contributed by atoms with Gasteiger partial charge in [-0.05, 0) is 24.6 Å². The summed E-state index contributed by atoms with van der Waals surface area (Å²) in [4.78, 5) is 13.3. The van der Waals surface area contributed by atoms with Gasteiger partial charge in [-0.2, -0.15) is 0 Å². The summed E-state index contributed by atoms with van der Waals surface area (Å²) >= 11 is 1.42. The zero-order chi connectivity index (χ0) is 20.4. The van der Waals surface area contributed by atoms with Crippen molar-refractivity contribution >= 4 is 23.4 Å². The zero-order valence-electron chi connectivity index (χ0n) is 16.5. The molecule has 0 fully saturated rings. The van der Waals surface area contributed by atoms with Crippen molar-refractivity contribution in [2.24, 2.45) is 0 Å². The summed E-state index contributed by atoms with van der Waals surface area (Å²) in [5.41, 5.74) is 6.30. The number of rotatable bonds is 5. The van der Waals surface area contributed by atoms with Crippen molar-refractivity contribution in [2.45, 2.75) is 36.7 Å². The third-order valence-electron chi connectivity index (χ3n) is 4.88. The molecule has 29 heavy (non-hydrogen) atoms. The van der Waals surface area contributed by atoms with Crippen LogP contribution in [0, 0.1) is 6.92 Å². The number of ether oxygens (including phenoxy) is 1. The van der Waals surface area contributed by atoms with Crippen LogP contribution in [0.2, 0.25) is 0 Å². The molecule has 1 aliphatic heterocycles. The molecule has 2 N–H and O–H groups in total. The molecule has 0 saturated heterocycles. The summed E-state index contributed by atoms with van der Waals surface area (Å²) < 4.78 is 7.26. The topological polar surface area (TPSA) is 81.1 Å². The average molecular weight is 410 g/mol. The maximum absolute atomic E-state index is 13.3. The first-order valence-electron chi connectivity index (χ1n) is 9.48. The van der Waals surface area contributed by atoms with E-state index in [1.807, 2.05) is 42.8 Å². The lowest BCUT2D eigenvalue weighted by Gasteiger charge is -2.33. The number of hydrogen-bond acceptors (Lipinski definition) is 6. The molecule has 2 heterocycles. The fraction of sp³-hybridized carbons (Fsp3) is 0.286. The van der Waals surface area contributed by atoms with Crippen LogP contribution in [0.15, 0.2) is 53.7 Å². The third-order valence-corrected chi connectivity index (χ3v) is 6.09. The third kappa shape index (κ3) is 3.80. The molecule has 1 aliphatic rings. The number of carbonyl (C=O) groups excluding carboxylic acids is 1. The number of nitrogens with zero attached hydrogens (tertiary/aromatic N) is 3. The van der Waals surface area contributed by atoms with Gasteiger partial charge >= 0.3 is 0 Å². The molecule has 0 saturated carbocycles. The second-order valence-corrected chi connectivity index (χ2v) is 7.94. The minimum Gasteiger partial charge on any atom is -0.495 e. The first-order chi connectivity index (χ1) is 14.1. The van der Waals surface area contributed by atoms with Crippen LogP contribution < -0.4 is 15.5 Å². The summed E-state index contributed by atoms with van der Waals surface area (Å²) in [6.07, 6.45) is 0.749. The molecular weight excluding hydrogens is 386 g/mol. The van der Waals surface area contributed by atoms with Crippen LogP contribution in [0.3, 0.4) is 0 Å². The van der Waals surface area contributed by atoms with Crippen LogP contribution in [0.25, 0.3) is 0 Å². The van der Waals surface area contributed by atoms with Gasteiger partial charge in [0.15, 0.2) is 5.82 Å². The van der Waals surface area contributed by atoms with Crippen LogP contribution in [-0.4, -0.2) is 33.1 Å². The van der Waals surface area contributed by atoms with Gasteiger partial charge in [0.25, 0.3) is 0 Å². The number of hydrogen-bond donors (Lipinski definition) is 2. The van der Waals surface area contributed by atoms with Gasteiger partial charge in [-0.15, -0.1) is 10.2 Å². The Balaban J connectivity index is 1.68. The Morgan fingerprint density at radius 3 is 2.69 bits per heavy atom. The number of thioether (sulfide) groups is 1. The van der Waals surface area contributed by atoms with Crippen molar-refractivity contribution < 1.29 is 9.53 Å². The number of anilines is 1. The van der Waals surface area contributed by atoms with Crippen molar-refractivity contribution in [3.8, 4) is 5.75 Å². The smallest absolute Gasteiger partial charge is 0.240 e. The van der Waals surface area contributed by atoms with E-state index in [1.165, 1.54) is 17.3 Å². The molecule has 2 aromatic carbocycles. The Kier molecular flexibility index (Phi) is 5.44. The van der Waals surface area contributed by atoms with Crippen molar-refractivity contribution in [3.05, 3.63) is 65.5 Å². The van der Waals surface area contributed by atoms with Crippen LogP contribution in [-0.2, 0) is 11.2 Å². The molecule has 0 radical (unpaired) electrons. The molecule has 1 amide bonds. The lowest BCUT2D eigenvalue weighted by atomic mass is 10.0. The van der Waals surface area contributed by atoms with Crippen LogP contribution >= 0.6 is 11.8 Å². The Morgan fingerprint density at radius 1 is 1.21 bits per heavy atom. The molecule has 1 aromatic heterocycles. The minimum absolute atomic E-state index is 0.120. The Labute approximate surface area is 173 Å². The monoisotopic (exact) mass is 409 g/mol. The first-order valence-corrected chi connectivity index (χ1v) is 10.4. The number of nitrogens with one attached hydrogen (secondary N) is 2. The molecule has 2 atom stereocenters. The van der Waals surface area contributed by atoms with Crippen LogP contribution in [0.4, 0.5) is 5.69 Å². The van der Waals surface area contributed by atoms with E-state index in [9.17, 15) is 4.79 Å². The predicted molar refractivity (Wildman–Crippen MR) is 114 cm³/mol. The van der Waals surface area contributed by atoms with Gasteiger partial charge in [-0.1, -0.05) is 60.6 Å². The molecule has 7 nitrogen and oxygen atoms in total. The average Bonchev–Trinajstić information content (AvgIpc) is 3.16. The van der Waals surface area contributed by atoms with Crippen molar-refractivity contribution in [1.29, 1.82) is 0 Å². The molecule has 0 bridgehead atoms. The number of aryl methyl sites for hydroxylation is 2. The SMILES string of the molecule is CCc1nnc2n1NC(c1ccc(C)cc1)C(C(=O)Nc1ccccc1OC)S2. The van der Waals surface area contributed by atoms with Crippen molar-refractivity contribution in [3.63, 3.8) is 0 Å². The fourth-order valence-electron chi connectivity index (χ4n) is 3.30. The number of amides is 1. The van der Waals surface area contributed by atoms with Gasteiger partial charge < -0.3 is 15.5 Å². The highest BCUT2D eigenvalue weighted by atomic mass is 32.2. The highest BCUT2D eigenvalue weighted by Crippen LogP contribution is 2.38. The van der Waals surface area contributed by atoms with E-state index < -0.39 is 5.25 Å². The highest BCUT2D eigenvalue weighted by molar-refractivity contribution is 8.00. The summed E-state index contributed by atoms with van der Waals surface area (Å²) in [5.74, 6) is 1.34. The number of carbonyl (C=O) groups is 1. The van der Waals surface area contributed by atoms with E-state index >= 15 is 0 Å². The molecule has 3 aromatic rings. The van der Waals surface area contributed by atoms with E-state index in [1.54, 1.807) is 7.11 Å². The van der Waals surface area contributed by atoms with Gasteiger partial charge in [0.2, 0.25) is 11.1 Å². The van der Waals surface area contributed by atoms with E-state index in [-0.39, 0.29) is 11.9 Å². The maximum Gasteiger partial charge on any atom is 0.240 e. The van der Waals surface area contributed by atoms with Gasteiger partial charge in [-0.25, -0.2) is 4.68 Å². The van der Waals surface area contributed by atoms with E-state index in [0.717, 1.165) is 17.8 Å². The van der Waals surface area contributed by atoms with Crippen molar-refractivity contribution in [2.75, 3.05) is 17.9 Å². The number of methoxy groups -OCH3 is 1. The van der Waals surface area contributed by atoms with Gasteiger partial charge in [0.05, 0.1) is 18.8 Å². The maximum atomic E-state index is 13.3. The Bertz CT molecular complexity index is 1020. The molecule has 150 valence electrons. The van der Waals surface area contributed by atoms with Crippen LogP contribution in [0.5, 0.6) is 5.75 Å². The van der Waals surface area contributed by atoms with E-state index in [2.05, 4.69) is 45.2 Å². The molecule has 2 unspecified atom stereocenters. The summed E-state index contributed by atoms with van der Waals surface area (Å²) in [5, 5.41) is 11.8. The number of fused-ring (bicyclic) bond motifs is 1. The summed E-state index contributed by atoms with van der Waals surface area (Å²) in [6.45, 7) is 4.08. The molecule has 4 rings (SSSR count). The van der Waals surface area contributed by atoms with Gasteiger partial charge in [0.1, 0.15) is 11.0 Å². The molecular formula is C21H23N5O2S. The Morgan fingerprint density at radius 2 is 1.97 bits per heavy atom. The highest BCUT2D eigenvalue weighted by Gasteiger charge is 2.37. The van der Waals surface area contributed by atoms with Crippen molar-refractivity contribution in [1.82, 2.24) is 14.9 Å². The van der Waals surface area contributed by atoms with E-state index in [4.69, 9.17) is 4.74 Å². The number of benzene rings is 2. The lowest BCUT2D eigenvalue weighted by Crippen LogP contribution is -2.41. The lowest BCUT2D eigenvalue weighted by molar-refractivity contribution is -0.116. The van der Waals surface area contributed by atoms with Gasteiger partial charge in [-0.3, -0.25) is 4.79 Å². The second kappa shape index (κ2) is 8.16.